The standard InChI is InChI=1S/C14H15N5OS3/c1-9(6-7-15)22-11-5-3-2-4-10(11)17-12(20)8-21-14-19-18-13(16)23-14/h2-5,9H,6,8H2,1H3,(H2,16,18)(H,17,20)/t9-/m1/s1. The Bertz CT molecular complexity index is 712. The Morgan fingerprint density at radius 3 is 2.96 bits per heavy atom. The lowest BCUT2D eigenvalue weighted by molar-refractivity contribution is -0.113. The number of nitrogen functional groups attached to an aromatic ring is 1. The van der Waals surface area contributed by atoms with Gasteiger partial charge in [-0.2, -0.15) is 5.26 Å². The van der Waals surface area contributed by atoms with Crippen LogP contribution in [-0.4, -0.2) is 27.1 Å². The molecule has 0 saturated carbocycles. The largest absolute Gasteiger partial charge is 0.374 e. The van der Waals surface area contributed by atoms with Crippen molar-refractivity contribution < 1.29 is 4.79 Å². The summed E-state index contributed by atoms with van der Waals surface area (Å²) in [6.07, 6.45) is 0.460. The van der Waals surface area contributed by atoms with Crippen molar-refractivity contribution in [2.24, 2.45) is 0 Å². The molecule has 23 heavy (non-hydrogen) atoms. The highest BCUT2D eigenvalue weighted by Gasteiger charge is 2.12. The van der Waals surface area contributed by atoms with Crippen molar-refractivity contribution in [3.05, 3.63) is 24.3 Å². The third kappa shape index (κ3) is 5.74. The molecular weight excluding hydrogens is 350 g/mol. The van der Waals surface area contributed by atoms with Crippen LogP contribution in [0.2, 0.25) is 0 Å². The summed E-state index contributed by atoms with van der Waals surface area (Å²) in [6.45, 7) is 1.99. The molecule has 1 heterocycles. The highest BCUT2D eigenvalue weighted by molar-refractivity contribution is 8.01. The maximum Gasteiger partial charge on any atom is 0.234 e. The van der Waals surface area contributed by atoms with Crippen molar-refractivity contribution in [1.29, 1.82) is 5.26 Å². The normalized spacial score (nSPS) is 11.7. The molecule has 1 aromatic heterocycles. The summed E-state index contributed by atoms with van der Waals surface area (Å²) in [5, 5.41) is 19.8. The van der Waals surface area contributed by atoms with Gasteiger partial charge in [0.25, 0.3) is 0 Å². The van der Waals surface area contributed by atoms with Crippen LogP contribution in [-0.2, 0) is 4.79 Å². The first-order valence-corrected chi connectivity index (χ1v) is 9.41. The molecule has 0 bridgehead atoms. The number of nitrogens with one attached hydrogen (secondary N) is 1. The molecule has 0 spiro atoms. The van der Waals surface area contributed by atoms with Crippen molar-refractivity contribution in [3.8, 4) is 6.07 Å². The average Bonchev–Trinajstić information content (AvgIpc) is 2.93. The van der Waals surface area contributed by atoms with E-state index in [-0.39, 0.29) is 16.9 Å². The predicted octanol–water partition coefficient (Wildman–Crippen LogP) is 3.25. The fraction of sp³-hybridized carbons (Fsp3) is 0.286. The number of rotatable bonds is 7. The molecule has 0 aliphatic heterocycles. The molecule has 0 aliphatic rings. The van der Waals surface area contributed by atoms with E-state index in [0.717, 1.165) is 10.6 Å². The van der Waals surface area contributed by atoms with E-state index in [2.05, 4.69) is 21.6 Å². The average molecular weight is 366 g/mol. The molecule has 3 N–H and O–H groups in total. The van der Waals surface area contributed by atoms with Crippen LogP contribution >= 0.6 is 34.9 Å². The molecule has 0 fully saturated rings. The van der Waals surface area contributed by atoms with E-state index in [1.807, 2.05) is 31.2 Å². The van der Waals surface area contributed by atoms with Gasteiger partial charge in [-0.15, -0.1) is 22.0 Å². The van der Waals surface area contributed by atoms with Crippen LogP contribution in [0.15, 0.2) is 33.5 Å². The Balaban J connectivity index is 1.93. The summed E-state index contributed by atoms with van der Waals surface area (Å²) in [5.41, 5.74) is 6.26. The number of nitrogens with zero attached hydrogens (tertiary/aromatic N) is 3. The maximum absolute atomic E-state index is 12.1. The summed E-state index contributed by atoms with van der Waals surface area (Å²) in [5.74, 6) is 0.117. The summed E-state index contributed by atoms with van der Waals surface area (Å²) >= 11 is 4.13. The highest BCUT2D eigenvalue weighted by Crippen LogP contribution is 2.32. The van der Waals surface area contributed by atoms with Crippen molar-refractivity contribution >= 4 is 51.6 Å². The van der Waals surface area contributed by atoms with E-state index in [9.17, 15) is 4.79 Å². The number of hydrogen-bond donors (Lipinski definition) is 2. The van der Waals surface area contributed by atoms with Gasteiger partial charge in [0.2, 0.25) is 11.0 Å². The van der Waals surface area contributed by atoms with Crippen molar-refractivity contribution in [2.75, 3.05) is 16.8 Å². The number of amides is 1. The molecule has 6 nitrogen and oxygen atoms in total. The SMILES string of the molecule is C[C@H](CC#N)Sc1ccccc1NC(=O)CSc1nnc(N)s1. The first-order valence-electron chi connectivity index (χ1n) is 6.72. The lowest BCUT2D eigenvalue weighted by Crippen LogP contribution is -2.14. The lowest BCUT2D eigenvalue weighted by Gasteiger charge is -2.13. The third-order valence-corrected chi connectivity index (χ3v) is 5.68. The van der Waals surface area contributed by atoms with Crippen LogP contribution < -0.4 is 11.1 Å². The number of carbonyl (C=O) groups is 1. The second kappa shape index (κ2) is 8.76. The van der Waals surface area contributed by atoms with Gasteiger partial charge in [0.15, 0.2) is 4.34 Å². The van der Waals surface area contributed by atoms with E-state index in [4.69, 9.17) is 11.0 Å². The zero-order chi connectivity index (χ0) is 16.7. The Morgan fingerprint density at radius 2 is 2.26 bits per heavy atom. The van der Waals surface area contributed by atoms with Gasteiger partial charge in [-0.3, -0.25) is 4.79 Å². The van der Waals surface area contributed by atoms with Gasteiger partial charge < -0.3 is 11.1 Å². The number of benzene rings is 1. The second-order valence-corrected chi connectivity index (χ2v) is 8.24. The molecular formula is C14H15N5OS3. The van der Waals surface area contributed by atoms with Gasteiger partial charge in [-0.05, 0) is 12.1 Å². The summed E-state index contributed by atoms with van der Waals surface area (Å²) in [7, 11) is 0. The number of nitriles is 1. The minimum absolute atomic E-state index is 0.121. The summed E-state index contributed by atoms with van der Waals surface area (Å²) in [6, 6.07) is 9.73. The molecule has 0 unspecified atom stereocenters. The maximum atomic E-state index is 12.1. The van der Waals surface area contributed by atoms with Gasteiger partial charge in [0.05, 0.1) is 17.5 Å². The van der Waals surface area contributed by atoms with E-state index in [1.54, 1.807) is 11.8 Å². The molecule has 2 rings (SSSR count). The Labute approximate surface area is 146 Å². The van der Waals surface area contributed by atoms with Crippen LogP contribution in [0.25, 0.3) is 0 Å². The lowest BCUT2D eigenvalue weighted by atomic mass is 10.3. The number of anilines is 2. The topological polar surface area (TPSA) is 105 Å². The van der Waals surface area contributed by atoms with E-state index in [1.165, 1.54) is 23.1 Å². The third-order valence-electron chi connectivity index (χ3n) is 2.62. The minimum atomic E-state index is -0.121. The summed E-state index contributed by atoms with van der Waals surface area (Å²) < 4.78 is 0.669. The predicted molar refractivity (Wildman–Crippen MR) is 95.7 cm³/mol. The van der Waals surface area contributed by atoms with Crippen LogP contribution in [0.4, 0.5) is 10.8 Å². The van der Waals surface area contributed by atoms with Crippen LogP contribution in [0, 0.1) is 11.3 Å². The first-order chi connectivity index (χ1) is 11.1. The quantitative estimate of drug-likeness (QED) is 0.726. The van der Waals surface area contributed by atoms with Gasteiger partial charge >= 0.3 is 0 Å². The molecule has 1 atom stereocenters. The molecule has 2 aromatic rings. The molecule has 0 radical (unpaired) electrons. The number of hydrogen-bond acceptors (Lipinski definition) is 8. The first kappa shape index (κ1) is 17.6. The van der Waals surface area contributed by atoms with Crippen molar-refractivity contribution in [3.63, 3.8) is 0 Å². The van der Waals surface area contributed by atoms with Crippen LogP contribution in [0.3, 0.4) is 0 Å². The molecule has 120 valence electrons. The number of carbonyl (C=O) groups excluding carboxylic acids is 1. The van der Waals surface area contributed by atoms with E-state index < -0.39 is 0 Å². The van der Waals surface area contributed by atoms with E-state index in [0.29, 0.717) is 15.9 Å². The zero-order valence-electron chi connectivity index (χ0n) is 12.4. The van der Waals surface area contributed by atoms with Gasteiger partial charge in [0.1, 0.15) is 0 Å². The number of nitrogens with two attached hydrogens (primary N) is 1. The smallest absolute Gasteiger partial charge is 0.234 e. The van der Waals surface area contributed by atoms with Crippen molar-refractivity contribution in [2.45, 2.75) is 27.8 Å². The second-order valence-electron chi connectivity index (χ2n) is 4.53. The fourth-order valence-electron chi connectivity index (χ4n) is 1.65. The Morgan fingerprint density at radius 1 is 1.48 bits per heavy atom. The van der Waals surface area contributed by atoms with Crippen LogP contribution in [0.5, 0.6) is 0 Å². The molecule has 1 amide bonds. The minimum Gasteiger partial charge on any atom is -0.374 e. The summed E-state index contributed by atoms with van der Waals surface area (Å²) in [4.78, 5) is 13.0. The van der Waals surface area contributed by atoms with Crippen molar-refractivity contribution in [1.82, 2.24) is 10.2 Å². The van der Waals surface area contributed by atoms with Crippen LogP contribution in [0.1, 0.15) is 13.3 Å². The molecule has 1 aromatic carbocycles. The van der Waals surface area contributed by atoms with Gasteiger partial charge in [-0.1, -0.05) is 42.2 Å². The number of para-hydroxylation sites is 1. The highest BCUT2D eigenvalue weighted by atomic mass is 32.2. The molecule has 9 heteroatoms. The van der Waals surface area contributed by atoms with Gasteiger partial charge in [0, 0.05) is 16.6 Å². The van der Waals surface area contributed by atoms with E-state index >= 15 is 0 Å². The Kier molecular flexibility index (Phi) is 6.70. The fourth-order valence-corrected chi connectivity index (χ4v) is 4.08. The van der Waals surface area contributed by atoms with Gasteiger partial charge in [-0.25, -0.2) is 0 Å². The molecule has 0 aliphatic carbocycles. The number of thioether (sulfide) groups is 2. The zero-order valence-corrected chi connectivity index (χ0v) is 14.8. The monoisotopic (exact) mass is 365 g/mol. The Hall–Kier alpha value is -1.76. The number of aromatic nitrogens is 2. The molecule has 0 saturated heterocycles.